The molecule has 1 rings (SSSR count). The van der Waals surface area contributed by atoms with Crippen LogP contribution in [-0.2, 0) is 4.74 Å². The summed E-state index contributed by atoms with van der Waals surface area (Å²) < 4.78 is 6.27. The summed E-state index contributed by atoms with van der Waals surface area (Å²) >= 11 is 0. The number of nitrogens with zero attached hydrogens (tertiary/aromatic N) is 1. The zero-order chi connectivity index (χ0) is 41.6. The van der Waals surface area contributed by atoms with Gasteiger partial charge in [-0.25, -0.2) is 0 Å². The Morgan fingerprint density at radius 1 is 0.526 bits per heavy atom. The van der Waals surface area contributed by atoms with Gasteiger partial charge in [-0.2, -0.15) is 0 Å². The van der Waals surface area contributed by atoms with Crippen molar-refractivity contribution in [1.29, 1.82) is 0 Å². The molecule has 0 aromatic heterocycles. The van der Waals surface area contributed by atoms with Gasteiger partial charge in [0.05, 0.1) is 17.6 Å². The molecule has 1 N–H and O–H groups in total. The van der Waals surface area contributed by atoms with Gasteiger partial charge in [-0.15, -0.1) is 0 Å². The summed E-state index contributed by atoms with van der Waals surface area (Å²) in [5, 5.41) is 3.25. The number of ether oxygens (including phenoxy) is 1. The molecule has 0 amide bonds. The summed E-state index contributed by atoms with van der Waals surface area (Å²) in [5.41, 5.74) is 0.482. The fourth-order valence-electron chi connectivity index (χ4n) is 8.71. The molecule has 1 unspecified atom stereocenters. The van der Waals surface area contributed by atoms with Crippen molar-refractivity contribution in [2.75, 3.05) is 31.5 Å². The molecule has 0 aliphatic carbocycles. The lowest BCUT2D eigenvalue weighted by Crippen LogP contribution is -2.37. The number of hydrogen-bond acceptors (Lipinski definition) is 5. The topological polar surface area (TPSA) is 58.6 Å². The lowest BCUT2D eigenvalue weighted by molar-refractivity contribution is 0.0960. The monoisotopic (exact) mass is 799 g/mol. The number of unbranched alkanes of at least 4 members (excludes halogenated alkanes) is 23. The van der Waals surface area contributed by atoms with E-state index in [0.29, 0.717) is 17.4 Å². The predicted octanol–water partition coefficient (Wildman–Crippen LogP) is 15.6. The van der Waals surface area contributed by atoms with Gasteiger partial charge in [0, 0.05) is 18.5 Å². The van der Waals surface area contributed by atoms with Gasteiger partial charge in [-0.1, -0.05) is 208 Å². The number of nitrogens with one attached hydrogen (secondary N) is 1. The molecule has 0 aliphatic rings. The van der Waals surface area contributed by atoms with Gasteiger partial charge in [0.1, 0.15) is 0 Å². The highest BCUT2D eigenvalue weighted by molar-refractivity contribution is 5.55. The first-order valence-electron chi connectivity index (χ1n) is 25.5. The Morgan fingerprint density at radius 3 is 1.39 bits per heavy atom. The summed E-state index contributed by atoms with van der Waals surface area (Å²) in [6.45, 7) is 19.3. The maximum atomic E-state index is 11.9. The average Bonchev–Trinajstić information content (AvgIpc) is 3.22. The SMILES string of the molecule is C=C(CCCCCCCN(CCCCCCCC(CCCCCCCC)CCCCCCCC)CCCNc1c(C)c(=O)c1=O)OC(CC)CCCCCCCC. The summed E-state index contributed by atoms with van der Waals surface area (Å²) in [6, 6.07) is 0. The Kier molecular flexibility index (Phi) is 36.1. The molecule has 0 spiro atoms. The van der Waals surface area contributed by atoms with Crippen LogP contribution >= 0.6 is 0 Å². The van der Waals surface area contributed by atoms with Crippen molar-refractivity contribution in [2.45, 2.75) is 265 Å². The van der Waals surface area contributed by atoms with E-state index < -0.39 is 0 Å². The molecular formula is C52H98N2O3. The largest absolute Gasteiger partial charge is 0.495 e. The van der Waals surface area contributed by atoms with Gasteiger partial charge in [-0.05, 0) is 77.4 Å². The van der Waals surface area contributed by atoms with Crippen molar-refractivity contribution in [2.24, 2.45) is 5.92 Å². The Morgan fingerprint density at radius 2 is 0.930 bits per heavy atom. The molecule has 5 heteroatoms. The normalized spacial score (nSPS) is 12.3. The van der Waals surface area contributed by atoms with Gasteiger partial charge in [0.25, 0.3) is 0 Å². The molecule has 1 aromatic carbocycles. The minimum atomic E-state index is -0.339. The number of allylic oxidation sites excluding steroid dienone is 1. The molecule has 0 heterocycles. The van der Waals surface area contributed by atoms with E-state index >= 15 is 0 Å². The average molecular weight is 799 g/mol. The Labute approximate surface area is 355 Å². The second kappa shape index (κ2) is 38.6. The molecule has 0 fully saturated rings. The minimum absolute atomic E-state index is 0.323. The van der Waals surface area contributed by atoms with Crippen LogP contribution in [0.2, 0.25) is 0 Å². The van der Waals surface area contributed by atoms with Crippen molar-refractivity contribution in [3.8, 4) is 0 Å². The molecular weight excluding hydrogens is 701 g/mol. The van der Waals surface area contributed by atoms with Crippen LogP contribution in [-0.4, -0.2) is 37.2 Å². The van der Waals surface area contributed by atoms with Gasteiger partial charge in [-0.3, -0.25) is 9.59 Å². The van der Waals surface area contributed by atoms with E-state index in [2.05, 4.69) is 44.5 Å². The highest BCUT2D eigenvalue weighted by atomic mass is 16.5. The lowest BCUT2D eigenvalue weighted by Gasteiger charge is -2.23. The quantitative estimate of drug-likeness (QED) is 0.0405. The number of hydrogen-bond donors (Lipinski definition) is 1. The molecule has 1 aromatic rings. The molecule has 5 nitrogen and oxygen atoms in total. The van der Waals surface area contributed by atoms with E-state index in [0.717, 1.165) is 50.6 Å². The lowest BCUT2D eigenvalue weighted by atomic mass is 9.89. The number of anilines is 1. The first kappa shape index (κ1) is 53.4. The fraction of sp³-hybridized carbons (Fsp3) is 0.885. The van der Waals surface area contributed by atoms with Crippen molar-refractivity contribution >= 4 is 5.69 Å². The molecule has 0 aliphatic heterocycles. The smallest absolute Gasteiger partial charge is 0.249 e. The van der Waals surface area contributed by atoms with E-state index in [1.54, 1.807) is 6.92 Å². The minimum Gasteiger partial charge on any atom is -0.495 e. The Bertz CT molecular complexity index is 1090. The summed E-state index contributed by atoms with van der Waals surface area (Å²) in [4.78, 5) is 26.2. The molecule has 57 heavy (non-hydrogen) atoms. The maximum absolute atomic E-state index is 11.9. The van der Waals surface area contributed by atoms with Crippen molar-refractivity contribution < 1.29 is 4.74 Å². The second-order valence-corrected chi connectivity index (χ2v) is 18.1. The first-order valence-corrected chi connectivity index (χ1v) is 25.5. The summed E-state index contributed by atoms with van der Waals surface area (Å²) in [6.07, 6.45) is 47.0. The van der Waals surface area contributed by atoms with E-state index in [1.165, 1.54) is 212 Å². The van der Waals surface area contributed by atoms with Crippen LogP contribution in [0.4, 0.5) is 5.69 Å². The van der Waals surface area contributed by atoms with Gasteiger partial charge >= 0.3 is 0 Å². The van der Waals surface area contributed by atoms with Gasteiger partial charge in [0.15, 0.2) is 0 Å². The second-order valence-electron chi connectivity index (χ2n) is 18.1. The third kappa shape index (κ3) is 29.3. The zero-order valence-electron chi connectivity index (χ0n) is 39.1. The molecule has 0 saturated carbocycles. The third-order valence-corrected chi connectivity index (χ3v) is 12.7. The Hall–Kier alpha value is -1.62. The third-order valence-electron chi connectivity index (χ3n) is 12.7. The first-order chi connectivity index (χ1) is 27.9. The molecule has 0 saturated heterocycles. The standard InChI is InChI=1S/C52H98N2O3/c1-7-11-14-17-23-30-38-48(39-31-24-18-15-12-8-2)40-32-25-21-28-35-44-54(45-36-42-53-50-47(6)51(55)52(50)56)43-34-27-20-22-29-37-46(5)57-49(10-4)41-33-26-19-16-13-9-3/h48-49,53H,5,7-45H2,1-4,6H3. The van der Waals surface area contributed by atoms with Crippen molar-refractivity contribution in [1.82, 2.24) is 4.90 Å². The molecule has 1 atom stereocenters. The van der Waals surface area contributed by atoms with E-state index in [1.807, 2.05) is 0 Å². The van der Waals surface area contributed by atoms with Gasteiger partial charge < -0.3 is 15.0 Å². The molecule has 334 valence electrons. The van der Waals surface area contributed by atoms with Crippen molar-refractivity contribution in [3.05, 3.63) is 38.3 Å². The highest BCUT2D eigenvalue weighted by Crippen LogP contribution is 2.25. The summed E-state index contributed by atoms with van der Waals surface area (Å²) in [5.74, 6) is 1.95. The van der Waals surface area contributed by atoms with Crippen LogP contribution in [0, 0.1) is 12.8 Å². The van der Waals surface area contributed by atoms with Crippen LogP contribution in [0.3, 0.4) is 0 Å². The van der Waals surface area contributed by atoms with Crippen LogP contribution in [0.15, 0.2) is 21.9 Å². The van der Waals surface area contributed by atoms with Crippen LogP contribution in [0.25, 0.3) is 0 Å². The van der Waals surface area contributed by atoms with Crippen molar-refractivity contribution in [3.63, 3.8) is 0 Å². The van der Waals surface area contributed by atoms with Crippen LogP contribution in [0.5, 0.6) is 0 Å². The molecule has 0 bridgehead atoms. The molecule has 0 radical (unpaired) electrons. The van der Waals surface area contributed by atoms with E-state index in [-0.39, 0.29) is 10.9 Å². The number of rotatable bonds is 45. The van der Waals surface area contributed by atoms with Crippen LogP contribution in [0.1, 0.15) is 258 Å². The van der Waals surface area contributed by atoms with Gasteiger partial charge in [0.2, 0.25) is 10.9 Å². The maximum Gasteiger partial charge on any atom is 0.249 e. The summed E-state index contributed by atoms with van der Waals surface area (Å²) in [7, 11) is 0. The fourth-order valence-corrected chi connectivity index (χ4v) is 8.71. The van der Waals surface area contributed by atoms with E-state index in [9.17, 15) is 9.59 Å². The zero-order valence-corrected chi connectivity index (χ0v) is 39.1. The van der Waals surface area contributed by atoms with Crippen LogP contribution < -0.4 is 16.2 Å². The van der Waals surface area contributed by atoms with E-state index in [4.69, 9.17) is 4.74 Å². The Balaban J connectivity index is 2.37. The predicted molar refractivity (Wildman–Crippen MR) is 253 cm³/mol. The highest BCUT2D eigenvalue weighted by Gasteiger charge is 2.16.